The standard InChI is InChI=1S/C16H11IN2O/c17-13-6-4-11(5-7-13)16(20)19-15-3-1-2-12-10-18-9-8-14(12)15/h1-10H,(H,19,20). The van der Waals surface area contributed by atoms with E-state index in [0.717, 1.165) is 20.0 Å². The highest BCUT2D eigenvalue weighted by molar-refractivity contribution is 14.1. The Morgan fingerprint density at radius 3 is 2.65 bits per heavy atom. The first-order valence-electron chi connectivity index (χ1n) is 6.14. The maximum absolute atomic E-state index is 12.2. The zero-order valence-corrected chi connectivity index (χ0v) is 12.7. The van der Waals surface area contributed by atoms with E-state index in [1.54, 1.807) is 12.4 Å². The van der Waals surface area contributed by atoms with E-state index >= 15 is 0 Å². The van der Waals surface area contributed by atoms with Crippen LogP contribution in [0.3, 0.4) is 0 Å². The van der Waals surface area contributed by atoms with Gasteiger partial charge in [0.1, 0.15) is 0 Å². The molecule has 1 N–H and O–H groups in total. The summed E-state index contributed by atoms with van der Waals surface area (Å²) in [6.45, 7) is 0. The van der Waals surface area contributed by atoms with Gasteiger partial charge >= 0.3 is 0 Å². The van der Waals surface area contributed by atoms with Crippen LogP contribution in [0, 0.1) is 3.57 Å². The highest BCUT2D eigenvalue weighted by Gasteiger charge is 2.08. The summed E-state index contributed by atoms with van der Waals surface area (Å²) in [5, 5.41) is 4.95. The molecule has 0 aliphatic carbocycles. The molecule has 0 fully saturated rings. The van der Waals surface area contributed by atoms with Gasteiger partial charge in [-0.2, -0.15) is 0 Å². The predicted molar refractivity (Wildman–Crippen MR) is 88.9 cm³/mol. The molecule has 0 saturated carbocycles. The Hall–Kier alpha value is -1.95. The molecule has 0 spiro atoms. The monoisotopic (exact) mass is 374 g/mol. The third kappa shape index (κ3) is 2.65. The van der Waals surface area contributed by atoms with E-state index in [2.05, 4.69) is 32.9 Å². The van der Waals surface area contributed by atoms with Crippen LogP contribution in [0.1, 0.15) is 10.4 Å². The highest BCUT2D eigenvalue weighted by Crippen LogP contribution is 2.22. The first kappa shape index (κ1) is 13.1. The Balaban J connectivity index is 1.93. The molecule has 2 aromatic carbocycles. The summed E-state index contributed by atoms with van der Waals surface area (Å²) in [6, 6.07) is 15.2. The Morgan fingerprint density at radius 1 is 1.05 bits per heavy atom. The summed E-state index contributed by atoms with van der Waals surface area (Å²) in [5.41, 5.74) is 1.45. The van der Waals surface area contributed by atoms with Gasteiger partial charge in [-0.05, 0) is 59.0 Å². The second-order valence-electron chi connectivity index (χ2n) is 4.36. The van der Waals surface area contributed by atoms with Crippen molar-refractivity contribution in [3.63, 3.8) is 0 Å². The minimum atomic E-state index is -0.106. The number of amides is 1. The molecule has 20 heavy (non-hydrogen) atoms. The van der Waals surface area contributed by atoms with E-state index in [4.69, 9.17) is 0 Å². The third-order valence-corrected chi connectivity index (χ3v) is 3.75. The normalized spacial score (nSPS) is 10.4. The number of benzene rings is 2. The molecule has 0 unspecified atom stereocenters. The summed E-state index contributed by atoms with van der Waals surface area (Å²) in [6.07, 6.45) is 3.51. The van der Waals surface area contributed by atoms with Crippen LogP contribution >= 0.6 is 22.6 Å². The zero-order chi connectivity index (χ0) is 13.9. The smallest absolute Gasteiger partial charge is 0.255 e. The number of pyridine rings is 1. The molecule has 0 radical (unpaired) electrons. The second kappa shape index (κ2) is 5.58. The van der Waals surface area contributed by atoms with Crippen LogP contribution in [-0.4, -0.2) is 10.9 Å². The number of carbonyl (C=O) groups excluding carboxylic acids is 1. The number of nitrogens with zero attached hydrogens (tertiary/aromatic N) is 1. The molecule has 98 valence electrons. The number of halogens is 1. The van der Waals surface area contributed by atoms with Crippen LogP contribution in [0.5, 0.6) is 0 Å². The van der Waals surface area contributed by atoms with E-state index in [0.29, 0.717) is 5.56 Å². The van der Waals surface area contributed by atoms with Crippen molar-refractivity contribution in [1.82, 2.24) is 4.98 Å². The van der Waals surface area contributed by atoms with Crippen molar-refractivity contribution >= 4 is 45.0 Å². The molecule has 4 heteroatoms. The maximum Gasteiger partial charge on any atom is 0.255 e. The van der Waals surface area contributed by atoms with Gasteiger partial charge in [0, 0.05) is 38.0 Å². The highest BCUT2D eigenvalue weighted by atomic mass is 127. The summed E-state index contributed by atoms with van der Waals surface area (Å²) in [4.78, 5) is 16.3. The Morgan fingerprint density at radius 2 is 1.85 bits per heavy atom. The summed E-state index contributed by atoms with van der Waals surface area (Å²) < 4.78 is 1.11. The van der Waals surface area contributed by atoms with Gasteiger partial charge in [0.15, 0.2) is 0 Å². The third-order valence-electron chi connectivity index (χ3n) is 3.04. The topological polar surface area (TPSA) is 42.0 Å². The van der Waals surface area contributed by atoms with Crippen molar-refractivity contribution in [1.29, 1.82) is 0 Å². The molecule has 1 heterocycles. The lowest BCUT2D eigenvalue weighted by Gasteiger charge is -2.08. The van der Waals surface area contributed by atoms with Crippen molar-refractivity contribution in [2.24, 2.45) is 0 Å². The molecule has 1 aromatic heterocycles. The fraction of sp³-hybridized carbons (Fsp3) is 0. The van der Waals surface area contributed by atoms with Crippen LogP contribution in [0.2, 0.25) is 0 Å². The van der Waals surface area contributed by atoms with Crippen LogP contribution in [0.25, 0.3) is 10.8 Å². The van der Waals surface area contributed by atoms with E-state index in [1.807, 2.05) is 48.5 Å². The van der Waals surface area contributed by atoms with Gasteiger partial charge in [-0.3, -0.25) is 9.78 Å². The molecule has 3 rings (SSSR count). The largest absolute Gasteiger partial charge is 0.321 e. The van der Waals surface area contributed by atoms with Crippen LogP contribution < -0.4 is 5.32 Å². The first-order valence-corrected chi connectivity index (χ1v) is 7.21. The van der Waals surface area contributed by atoms with Gasteiger partial charge in [0.05, 0.1) is 0 Å². The van der Waals surface area contributed by atoms with Crippen LogP contribution in [-0.2, 0) is 0 Å². The summed E-state index contributed by atoms with van der Waals surface area (Å²) >= 11 is 2.22. The number of hydrogen-bond donors (Lipinski definition) is 1. The lowest BCUT2D eigenvalue weighted by Crippen LogP contribution is -2.12. The molecule has 3 nitrogen and oxygen atoms in total. The van der Waals surface area contributed by atoms with Gasteiger partial charge in [0.25, 0.3) is 5.91 Å². The van der Waals surface area contributed by atoms with Crippen molar-refractivity contribution in [2.45, 2.75) is 0 Å². The molecule has 0 aliphatic rings. The average Bonchev–Trinajstić information content (AvgIpc) is 2.48. The number of fused-ring (bicyclic) bond motifs is 1. The Bertz CT molecular complexity index is 764. The lowest BCUT2D eigenvalue weighted by molar-refractivity contribution is 0.102. The van der Waals surface area contributed by atoms with Crippen molar-refractivity contribution < 1.29 is 4.79 Å². The molecule has 1 amide bonds. The van der Waals surface area contributed by atoms with E-state index in [9.17, 15) is 4.79 Å². The fourth-order valence-electron chi connectivity index (χ4n) is 2.03. The van der Waals surface area contributed by atoms with E-state index in [-0.39, 0.29) is 5.91 Å². The van der Waals surface area contributed by atoms with Gasteiger partial charge in [0.2, 0.25) is 0 Å². The SMILES string of the molecule is O=C(Nc1cccc2cnccc12)c1ccc(I)cc1. The second-order valence-corrected chi connectivity index (χ2v) is 5.61. The lowest BCUT2D eigenvalue weighted by atomic mass is 10.1. The number of nitrogens with one attached hydrogen (secondary N) is 1. The van der Waals surface area contributed by atoms with Gasteiger partial charge in [-0.1, -0.05) is 12.1 Å². The number of carbonyl (C=O) groups is 1. The van der Waals surface area contributed by atoms with Crippen molar-refractivity contribution in [3.8, 4) is 0 Å². The van der Waals surface area contributed by atoms with Crippen LogP contribution in [0.15, 0.2) is 60.9 Å². The average molecular weight is 374 g/mol. The molecule has 0 aliphatic heterocycles. The van der Waals surface area contributed by atoms with Gasteiger partial charge in [-0.15, -0.1) is 0 Å². The molecule has 0 atom stereocenters. The Kier molecular flexibility index (Phi) is 3.64. The molecule has 0 saturated heterocycles. The van der Waals surface area contributed by atoms with Crippen molar-refractivity contribution in [3.05, 3.63) is 70.1 Å². The molecular weight excluding hydrogens is 363 g/mol. The number of aromatic nitrogens is 1. The quantitative estimate of drug-likeness (QED) is 0.687. The number of hydrogen-bond acceptors (Lipinski definition) is 2. The number of anilines is 1. The summed E-state index contributed by atoms with van der Waals surface area (Å²) in [5.74, 6) is -0.106. The Labute approximate surface area is 130 Å². The minimum Gasteiger partial charge on any atom is -0.321 e. The van der Waals surface area contributed by atoms with E-state index < -0.39 is 0 Å². The fourth-order valence-corrected chi connectivity index (χ4v) is 2.39. The van der Waals surface area contributed by atoms with Crippen LogP contribution in [0.4, 0.5) is 5.69 Å². The first-order chi connectivity index (χ1) is 9.74. The summed E-state index contributed by atoms with van der Waals surface area (Å²) in [7, 11) is 0. The van der Waals surface area contributed by atoms with Gasteiger partial charge in [-0.25, -0.2) is 0 Å². The number of rotatable bonds is 2. The van der Waals surface area contributed by atoms with E-state index in [1.165, 1.54) is 0 Å². The zero-order valence-electron chi connectivity index (χ0n) is 10.5. The maximum atomic E-state index is 12.2. The minimum absolute atomic E-state index is 0.106. The van der Waals surface area contributed by atoms with Gasteiger partial charge < -0.3 is 5.32 Å². The van der Waals surface area contributed by atoms with Crippen molar-refractivity contribution in [2.75, 3.05) is 5.32 Å². The molecule has 0 bridgehead atoms. The predicted octanol–water partition coefficient (Wildman–Crippen LogP) is 4.09. The molecule has 3 aromatic rings. The molecular formula is C16H11IN2O.